The predicted octanol–water partition coefficient (Wildman–Crippen LogP) is 22.1. The third-order valence-electron chi connectivity index (χ3n) is 14.0. The Morgan fingerprint density at radius 2 is 0.627 bits per heavy atom. The van der Waals surface area contributed by atoms with E-state index in [0.29, 0.717) is 6.42 Å². The molecule has 10 heteroatoms. The van der Waals surface area contributed by atoms with E-state index in [4.69, 9.17) is 24.3 Å². The molecule has 83 heavy (non-hydrogen) atoms. The van der Waals surface area contributed by atoms with Crippen LogP contribution in [0.4, 0.5) is 0 Å². The minimum atomic E-state index is -4.40. The van der Waals surface area contributed by atoms with Gasteiger partial charge in [-0.2, -0.15) is 0 Å². The van der Waals surface area contributed by atoms with Crippen LogP contribution in [0.5, 0.6) is 0 Å². The largest absolute Gasteiger partial charge is 0.472 e. The summed E-state index contributed by atoms with van der Waals surface area (Å²) in [5.41, 5.74) is 5.39. The first kappa shape index (κ1) is 79.2. The average Bonchev–Trinajstić information content (AvgIpc) is 3.49. The van der Waals surface area contributed by atoms with E-state index in [1.54, 1.807) is 0 Å². The molecule has 0 aromatic rings. The number of nitrogens with two attached hydrogens (primary N) is 1. The highest BCUT2D eigenvalue weighted by molar-refractivity contribution is 7.47. The van der Waals surface area contributed by atoms with Gasteiger partial charge in [-0.05, 0) is 109 Å². The Hall–Kier alpha value is -3.85. The van der Waals surface area contributed by atoms with Crippen molar-refractivity contribution in [3.63, 3.8) is 0 Å². The summed E-state index contributed by atoms with van der Waals surface area (Å²) in [6.07, 6.45) is 95.4. The molecule has 0 aromatic heterocycles. The molecule has 2 atom stereocenters. The molecular formula is C73H124NO8P. The number of hydrogen-bond donors (Lipinski definition) is 2. The zero-order chi connectivity index (χ0) is 60.1. The predicted molar refractivity (Wildman–Crippen MR) is 357 cm³/mol. The van der Waals surface area contributed by atoms with E-state index in [1.165, 1.54) is 122 Å². The normalized spacial score (nSPS) is 13.8. The van der Waals surface area contributed by atoms with Crippen molar-refractivity contribution in [2.24, 2.45) is 5.73 Å². The van der Waals surface area contributed by atoms with Crippen LogP contribution in [-0.4, -0.2) is 49.3 Å². The maximum absolute atomic E-state index is 12.7. The van der Waals surface area contributed by atoms with E-state index in [2.05, 4.69) is 148 Å². The molecule has 0 aliphatic carbocycles. The molecule has 0 aliphatic heterocycles. The van der Waals surface area contributed by atoms with Gasteiger partial charge >= 0.3 is 19.8 Å². The molecule has 0 amide bonds. The Labute approximate surface area is 510 Å². The van der Waals surface area contributed by atoms with Gasteiger partial charge in [-0.25, -0.2) is 4.57 Å². The fourth-order valence-electron chi connectivity index (χ4n) is 9.14. The van der Waals surface area contributed by atoms with Gasteiger partial charge in [0.05, 0.1) is 13.2 Å². The van der Waals surface area contributed by atoms with Gasteiger partial charge in [0.25, 0.3) is 0 Å². The molecule has 474 valence electrons. The molecule has 0 saturated carbocycles. The second kappa shape index (κ2) is 67.3. The summed E-state index contributed by atoms with van der Waals surface area (Å²) in [6.45, 7) is 3.51. The molecule has 0 rings (SSSR count). The molecule has 0 saturated heterocycles. The van der Waals surface area contributed by atoms with E-state index in [9.17, 15) is 19.0 Å². The van der Waals surface area contributed by atoms with Crippen LogP contribution < -0.4 is 5.73 Å². The Morgan fingerprint density at radius 1 is 0.361 bits per heavy atom. The van der Waals surface area contributed by atoms with Gasteiger partial charge in [-0.3, -0.25) is 18.6 Å². The summed E-state index contributed by atoms with van der Waals surface area (Å²) in [5.74, 6) is -0.843. The van der Waals surface area contributed by atoms with Gasteiger partial charge in [-0.1, -0.05) is 295 Å². The number of hydrogen-bond acceptors (Lipinski definition) is 8. The van der Waals surface area contributed by atoms with Gasteiger partial charge < -0.3 is 20.1 Å². The highest BCUT2D eigenvalue weighted by Gasteiger charge is 2.26. The molecule has 0 aliphatic rings. The number of ether oxygens (including phenoxy) is 2. The first-order chi connectivity index (χ1) is 40.8. The first-order valence-corrected chi connectivity index (χ1v) is 35.2. The quantitative estimate of drug-likeness (QED) is 0.0264. The van der Waals surface area contributed by atoms with Crippen LogP contribution in [0.15, 0.2) is 134 Å². The Balaban J connectivity index is 3.89. The number of unbranched alkanes of at least 4 members (excludes halogenated alkanes) is 27. The lowest BCUT2D eigenvalue weighted by Gasteiger charge is -2.19. The lowest BCUT2D eigenvalue weighted by molar-refractivity contribution is -0.161. The van der Waals surface area contributed by atoms with Crippen LogP contribution in [0.1, 0.15) is 284 Å². The maximum Gasteiger partial charge on any atom is 0.472 e. The van der Waals surface area contributed by atoms with Gasteiger partial charge in [0.15, 0.2) is 6.10 Å². The third-order valence-corrected chi connectivity index (χ3v) is 15.0. The van der Waals surface area contributed by atoms with Crippen LogP contribution in [0.25, 0.3) is 0 Å². The van der Waals surface area contributed by atoms with Crippen molar-refractivity contribution in [1.29, 1.82) is 0 Å². The average molecular weight is 1170 g/mol. The zero-order valence-electron chi connectivity index (χ0n) is 53.1. The summed E-state index contributed by atoms with van der Waals surface area (Å²) in [4.78, 5) is 35.3. The topological polar surface area (TPSA) is 134 Å². The van der Waals surface area contributed by atoms with Crippen molar-refractivity contribution in [3.05, 3.63) is 134 Å². The summed E-state index contributed by atoms with van der Waals surface area (Å²) >= 11 is 0. The summed E-state index contributed by atoms with van der Waals surface area (Å²) in [6, 6.07) is 0. The smallest absolute Gasteiger partial charge is 0.462 e. The molecule has 0 fully saturated rings. The van der Waals surface area contributed by atoms with Crippen LogP contribution in [-0.2, 0) is 32.7 Å². The van der Waals surface area contributed by atoms with E-state index < -0.39 is 26.5 Å². The maximum atomic E-state index is 12.7. The zero-order valence-corrected chi connectivity index (χ0v) is 54.0. The number of carbonyl (C=O) groups is 2. The van der Waals surface area contributed by atoms with Gasteiger partial charge in [0.1, 0.15) is 6.61 Å². The van der Waals surface area contributed by atoms with Crippen LogP contribution >= 0.6 is 7.82 Å². The fourth-order valence-corrected chi connectivity index (χ4v) is 9.90. The Kier molecular flexibility index (Phi) is 64.2. The second-order valence-electron chi connectivity index (χ2n) is 21.9. The standard InChI is InChI=1S/C73H124NO8P/c1-3-5-7-9-11-13-15-17-19-21-23-25-27-29-30-31-32-33-34-35-36-37-38-39-40-42-43-45-47-49-51-53-55-57-59-61-63-65-72(75)79-69-71(70-81-83(77,78)80-68-67-74)82-73(76)66-64-62-60-58-56-54-52-50-48-46-44-41-28-26-24-22-20-18-16-14-12-10-8-6-4-2/h5-8,11-14,17-20,23-26,29-30,41,44,48,50,71H,3-4,9-10,15-16,21-22,27-28,31-40,42-43,45-47,49,51-70,74H2,1-2H3,(H,77,78)/b7-5-,8-6-,13-11-,14-12-,19-17-,20-18-,25-23-,26-24-,30-29-,44-41-,50-48-. The SMILES string of the molecule is CC/C=C\C/C=C\C/C=C\C/C=C\C/C=C\C/C=C\CCCCCCCCC(=O)OC(COC(=O)CCCCCCCCCCCCCCCCCCCCCCC/C=C\C/C=C\C/C=C\C/C=C\C/C=C\CC)COP(=O)(O)OCCN. The fraction of sp³-hybridized carbons (Fsp3) is 0.671. The summed E-state index contributed by atoms with van der Waals surface area (Å²) in [7, 11) is -4.40. The van der Waals surface area contributed by atoms with Crippen molar-refractivity contribution in [3.8, 4) is 0 Å². The highest BCUT2D eigenvalue weighted by atomic mass is 31.2. The molecule has 9 nitrogen and oxygen atoms in total. The number of esters is 2. The molecule has 0 aromatic carbocycles. The molecule has 3 N–H and O–H groups in total. The highest BCUT2D eigenvalue weighted by Crippen LogP contribution is 2.43. The van der Waals surface area contributed by atoms with Crippen molar-refractivity contribution in [2.45, 2.75) is 290 Å². The minimum absolute atomic E-state index is 0.0457. The first-order valence-electron chi connectivity index (χ1n) is 33.7. The number of phosphoric ester groups is 1. The van der Waals surface area contributed by atoms with E-state index in [0.717, 1.165) is 128 Å². The van der Waals surface area contributed by atoms with Crippen LogP contribution in [0.3, 0.4) is 0 Å². The molecule has 0 heterocycles. The van der Waals surface area contributed by atoms with Crippen molar-refractivity contribution in [1.82, 2.24) is 0 Å². The minimum Gasteiger partial charge on any atom is -0.462 e. The van der Waals surface area contributed by atoms with Crippen molar-refractivity contribution < 1.29 is 37.6 Å². The number of phosphoric acid groups is 1. The number of carbonyl (C=O) groups excluding carboxylic acids is 2. The Morgan fingerprint density at radius 3 is 0.928 bits per heavy atom. The van der Waals surface area contributed by atoms with Crippen LogP contribution in [0, 0.1) is 0 Å². The van der Waals surface area contributed by atoms with E-state index in [-0.39, 0.29) is 38.6 Å². The summed E-state index contributed by atoms with van der Waals surface area (Å²) in [5, 5.41) is 0. The molecule has 0 bridgehead atoms. The molecule has 0 radical (unpaired) electrons. The van der Waals surface area contributed by atoms with Gasteiger partial charge in [0, 0.05) is 19.4 Å². The lowest BCUT2D eigenvalue weighted by atomic mass is 10.0. The number of rotatable bonds is 62. The molecule has 0 spiro atoms. The van der Waals surface area contributed by atoms with E-state index >= 15 is 0 Å². The third kappa shape index (κ3) is 67.2. The van der Waals surface area contributed by atoms with Crippen LogP contribution in [0.2, 0.25) is 0 Å². The van der Waals surface area contributed by atoms with E-state index in [1.807, 2.05) is 0 Å². The van der Waals surface area contributed by atoms with Crippen molar-refractivity contribution >= 4 is 19.8 Å². The molecular weight excluding hydrogens is 1050 g/mol. The summed E-state index contributed by atoms with van der Waals surface area (Å²) < 4.78 is 33.1. The van der Waals surface area contributed by atoms with Gasteiger partial charge in [-0.15, -0.1) is 0 Å². The lowest BCUT2D eigenvalue weighted by Crippen LogP contribution is -2.29. The number of allylic oxidation sites excluding steroid dienone is 22. The monoisotopic (exact) mass is 1170 g/mol. The molecule has 2 unspecified atom stereocenters. The van der Waals surface area contributed by atoms with Crippen molar-refractivity contribution in [2.75, 3.05) is 26.4 Å². The van der Waals surface area contributed by atoms with Gasteiger partial charge in [0.2, 0.25) is 0 Å². The Bertz CT molecular complexity index is 1820. The second-order valence-corrected chi connectivity index (χ2v) is 23.4.